The first-order valence-electron chi connectivity index (χ1n) is 7.86. The van der Waals surface area contributed by atoms with Crippen LogP contribution in [0.2, 0.25) is 0 Å². The van der Waals surface area contributed by atoms with Crippen LogP contribution in [-0.2, 0) is 4.79 Å². The van der Waals surface area contributed by atoms with E-state index in [1.54, 1.807) is 12.1 Å². The van der Waals surface area contributed by atoms with Crippen LogP contribution in [0, 0.1) is 10.1 Å². The third-order valence-electron chi connectivity index (χ3n) is 3.35. The molecule has 2 aromatic rings. The molecule has 0 aliphatic heterocycles. The monoisotopic (exact) mass is 445 g/mol. The van der Waals surface area contributed by atoms with E-state index in [-0.39, 0.29) is 32.5 Å². The standard InChI is InChI=1S/C17H14F3N3O4S2/c18-17(19,20)9-29-13-4-2-1-3-11(13)22-15(24)8-28-14-6-5-10(16(21)25)7-12(14)23(26)27/h1-7H,8-9H2,(H2,21,25)(H,22,24). The van der Waals surface area contributed by atoms with Crippen LogP contribution >= 0.6 is 23.5 Å². The van der Waals surface area contributed by atoms with Gasteiger partial charge in [-0.3, -0.25) is 19.7 Å². The third kappa shape index (κ3) is 6.98. The lowest BCUT2D eigenvalue weighted by Gasteiger charge is -2.12. The molecule has 0 spiro atoms. The number of nitrogens with zero attached hydrogens (tertiary/aromatic N) is 1. The molecule has 0 radical (unpaired) electrons. The second-order valence-corrected chi connectivity index (χ2v) is 7.58. The summed E-state index contributed by atoms with van der Waals surface area (Å²) in [7, 11) is 0. The SMILES string of the molecule is NC(=O)c1ccc(SCC(=O)Nc2ccccc2SCC(F)(F)F)c([N+](=O)[O-])c1. The van der Waals surface area contributed by atoms with Crippen molar-refractivity contribution in [1.82, 2.24) is 0 Å². The summed E-state index contributed by atoms with van der Waals surface area (Å²) < 4.78 is 37.3. The minimum atomic E-state index is -4.35. The lowest BCUT2D eigenvalue weighted by Crippen LogP contribution is -2.15. The molecule has 2 amide bonds. The molecule has 0 unspecified atom stereocenters. The Morgan fingerprint density at radius 1 is 1.10 bits per heavy atom. The van der Waals surface area contributed by atoms with Gasteiger partial charge in [0, 0.05) is 16.5 Å². The van der Waals surface area contributed by atoms with Gasteiger partial charge in [-0.2, -0.15) is 13.2 Å². The quantitative estimate of drug-likeness (QED) is 0.359. The highest BCUT2D eigenvalue weighted by Gasteiger charge is 2.27. The number of primary amides is 1. The van der Waals surface area contributed by atoms with Crippen molar-refractivity contribution in [1.29, 1.82) is 0 Å². The Kier molecular flexibility index (Phi) is 7.51. The minimum Gasteiger partial charge on any atom is -0.366 e. The lowest BCUT2D eigenvalue weighted by atomic mass is 10.2. The Labute approximate surface area is 171 Å². The number of benzene rings is 2. The zero-order chi connectivity index (χ0) is 21.6. The number of carbonyl (C=O) groups is 2. The molecular formula is C17H14F3N3O4S2. The topological polar surface area (TPSA) is 115 Å². The van der Waals surface area contributed by atoms with Crippen LogP contribution < -0.4 is 11.1 Å². The predicted octanol–water partition coefficient (Wildman–Crippen LogP) is 4.08. The lowest BCUT2D eigenvalue weighted by molar-refractivity contribution is -0.387. The van der Waals surface area contributed by atoms with E-state index in [1.807, 2.05) is 0 Å². The molecule has 0 saturated heterocycles. The number of rotatable bonds is 8. The van der Waals surface area contributed by atoms with Crippen molar-refractivity contribution in [3.63, 3.8) is 0 Å². The Morgan fingerprint density at radius 3 is 2.41 bits per heavy atom. The summed E-state index contributed by atoms with van der Waals surface area (Å²) >= 11 is 1.40. The number of carbonyl (C=O) groups excluding carboxylic acids is 2. The normalized spacial score (nSPS) is 11.1. The molecule has 2 rings (SSSR count). The van der Waals surface area contributed by atoms with Gasteiger partial charge in [0.05, 0.1) is 27.0 Å². The molecule has 0 saturated carbocycles. The Hall–Kier alpha value is -2.73. The first kappa shape index (κ1) is 22.6. The molecule has 0 aliphatic rings. The van der Waals surface area contributed by atoms with Gasteiger partial charge in [-0.05, 0) is 24.3 Å². The van der Waals surface area contributed by atoms with E-state index in [1.165, 1.54) is 24.3 Å². The number of hydrogen-bond acceptors (Lipinski definition) is 6. The van der Waals surface area contributed by atoms with Gasteiger partial charge >= 0.3 is 6.18 Å². The minimum absolute atomic E-state index is 0.0406. The fraction of sp³-hybridized carbons (Fsp3) is 0.176. The van der Waals surface area contributed by atoms with E-state index in [0.717, 1.165) is 17.8 Å². The van der Waals surface area contributed by atoms with E-state index in [9.17, 15) is 32.9 Å². The van der Waals surface area contributed by atoms with Gasteiger partial charge in [-0.1, -0.05) is 12.1 Å². The van der Waals surface area contributed by atoms with Crippen LogP contribution in [-0.4, -0.2) is 34.4 Å². The Bertz CT molecular complexity index is 938. The molecule has 0 heterocycles. The smallest absolute Gasteiger partial charge is 0.366 e. The highest BCUT2D eigenvalue weighted by molar-refractivity contribution is 8.00. The van der Waals surface area contributed by atoms with E-state index >= 15 is 0 Å². The van der Waals surface area contributed by atoms with Crippen LogP contribution in [0.4, 0.5) is 24.5 Å². The highest BCUT2D eigenvalue weighted by atomic mass is 32.2. The molecule has 0 bridgehead atoms. The number of hydrogen-bond donors (Lipinski definition) is 2. The maximum Gasteiger partial charge on any atom is 0.398 e. The van der Waals surface area contributed by atoms with Crippen molar-refractivity contribution in [3.05, 3.63) is 58.1 Å². The number of amides is 2. The number of anilines is 1. The summed E-state index contributed by atoms with van der Waals surface area (Å²) in [5, 5.41) is 13.7. The van der Waals surface area contributed by atoms with Crippen LogP contribution in [0.5, 0.6) is 0 Å². The second kappa shape index (κ2) is 9.65. The van der Waals surface area contributed by atoms with Crippen molar-refractivity contribution >= 4 is 46.7 Å². The summed E-state index contributed by atoms with van der Waals surface area (Å²) in [5.41, 5.74) is 4.90. The van der Waals surface area contributed by atoms with Gasteiger partial charge in [-0.15, -0.1) is 23.5 Å². The third-order valence-corrected chi connectivity index (χ3v) is 5.55. The van der Waals surface area contributed by atoms with E-state index in [2.05, 4.69) is 5.32 Å². The number of nitrogens with two attached hydrogens (primary N) is 1. The van der Waals surface area contributed by atoms with Crippen molar-refractivity contribution in [2.45, 2.75) is 16.0 Å². The van der Waals surface area contributed by atoms with E-state index in [0.29, 0.717) is 11.8 Å². The average molecular weight is 445 g/mol. The zero-order valence-corrected chi connectivity index (χ0v) is 16.2. The van der Waals surface area contributed by atoms with Crippen LogP contribution in [0.25, 0.3) is 0 Å². The molecule has 0 aliphatic carbocycles. The van der Waals surface area contributed by atoms with E-state index < -0.39 is 28.7 Å². The molecule has 7 nitrogen and oxygen atoms in total. The molecule has 12 heteroatoms. The average Bonchev–Trinajstić information content (AvgIpc) is 2.64. The van der Waals surface area contributed by atoms with Gasteiger partial charge in [-0.25, -0.2) is 0 Å². The highest BCUT2D eigenvalue weighted by Crippen LogP contribution is 2.33. The predicted molar refractivity (Wildman–Crippen MR) is 104 cm³/mol. The number of nitro benzene ring substituents is 1. The number of thioether (sulfide) groups is 2. The van der Waals surface area contributed by atoms with Crippen LogP contribution in [0.15, 0.2) is 52.3 Å². The molecule has 0 fully saturated rings. The largest absolute Gasteiger partial charge is 0.398 e. The van der Waals surface area contributed by atoms with E-state index in [4.69, 9.17) is 5.73 Å². The number of nitrogens with one attached hydrogen (secondary N) is 1. The molecule has 0 aromatic heterocycles. The Balaban J connectivity index is 2.06. The van der Waals surface area contributed by atoms with Gasteiger partial charge in [0.1, 0.15) is 0 Å². The number of halogens is 3. The first-order chi connectivity index (χ1) is 13.6. The van der Waals surface area contributed by atoms with Crippen molar-refractivity contribution in [2.75, 3.05) is 16.8 Å². The fourth-order valence-electron chi connectivity index (χ4n) is 2.12. The molecule has 0 atom stereocenters. The molecule has 29 heavy (non-hydrogen) atoms. The van der Waals surface area contributed by atoms with Crippen LogP contribution in [0.1, 0.15) is 10.4 Å². The summed E-state index contributed by atoms with van der Waals surface area (Å²) in [4.78, 5) is 34.2. The second-order valence-electron chi connectivity index (χ2n) is 5.54. The zero-order valence-electron chi connectivity index (χ0n) is 14.6. The molecule has 3 N–H and O–H groups in total. The first-order valence-corrected chi connectivity index (χ1v) is 9.83. The summed E-state index contributed by atoms with van der Waals surface area (Å²) in [6, 6.07) is 9.66. The number of nitro groups is 1. The van der Waals surface area contributed by atoms with Crippen molar-refractivity contribution in [3.8, 4) is 0 Å². The molecular weight excluding hydrogens is 431 g/mol. The Morgan fingerprint density at radius 2 is 1.79 bits per heavy atom. The van der Waals surface area contributed by atoms with Crippen molar-refractivity contribution < 1.29 is 27.7 Å². The number of alkyl halides is 3. The fourth-order valence-corrected chi connectivity index (χ4v) is 3.69. The summed E-state index contributed by atoms with van der Waals surface area (Å²) in [5.74, 6) is -2.71. The molecule has 2 aromatic carbocycles. The number of para-hydroxylation sites is 1. The van der Waals surface area contributed by atoms with Gasteiger partial charge in [0.15, 0.2) is 0 Å². The summed E-state index contributed by atoms with van der Waals surface area (Å²) in [6.45, 7) is 0. The summed E-state index contributed by atoms with van der Waals surface area (Å²) in [6.07, 6.45) is -4.35. The maximum absolute atomic E-state index is 12.4. The van der Waals surface area contributed by atoms with Gasteiger partial charge in [0.2, 0.25) is 11.8 Å². The molecule has 154 valence electrons. The van der Waals surface area contributed by atoms with Crippen LogP contribution in [0.3, 0.4) is 0 Å². The van der Waals surface area contributed by atoms with Gasteiger partial charge < -0.3 is 11.1 Å². The van der Waals surface area contributed by atoms with Gasteiger partial charge in [0.25, 0.3) is 5.69 Å². The van der Waals surface area contributed by atoms with Crippen molar-refractivity contribution in [2.24, 2.45) is 5.73 Å². The maximum atomic E-state index is 12.4.